The van der Waals surface area contributed by atoms with E-state index in [0.29, 0.717) is 11.1 Å². The topological polar surface area (TPSA) is 123 Å². The molecule has 186 valence electrons. The molecule has 1 aromatic heterocycles. The molecule has 0 fully saturated rings. The highest BCUT2D eigenvalue weighted by atomic mass is 19.1. The number of aromatic nitrogens is 2. The minimum Gasteiger partial charge on any atom is -0.490 e. The Bertz CT molecular complexity index is 1400. The maximum atomic E-state index is 14.1. The number of hydrogen-bond donors (Lipinski definition) is 2. The summed E-state index contributed by atoms with van der Waals surface area (Å²) in [5, 5.41) is 17.1. The molecule has 2 heterocycles. The highest BCUT2D eigenvalue weighted by molar-refractivity contribution is 5.92. The number of H-pyrrole nitrogens is 1. The highest BCUT2D eigenvalue weighted by Gasteiger charge is 2.38. The van der Waals surface area contributed by atoms with Gasteiger partial charge >= 0.3 is 5.97 Å². The number of hydrogen-bond acceptors (Lipinski definition) is 7. The number of nitriles is 1. The lowest BCUT2D eigenvalue weighted by molar-refractivity contribution is 0.0718. The summed E-state index contributed by atoms with van der Waals surface area (Å²) < 4.78 is 44.8. The van der Waals surface area contributed by atoms with E-state index >= 15 is 0 Å². The molecule has 36 heavy (non-hydrogen) atoms. The van der Waals surface area contributed by atoms with Gasteiger partial charge in [-0.3, -0.25) is 5.10 Å². The van der Waals surface area contributed by atoms with Crippen LogP contribution in [0.5, 0.6) is 17.4 Å². The Balaban J connectivity index is 1.81. The molecule has 10 heteroatoms. The van der Waals surface area contributed by atoms with Crippen molar-refractivity contribution in [1.82, 2.24) is 10.2 Å². The predicted molar refractivity (Wildman–Crippen MR) is 126 cm³/mol. The molecule has 8 nitrogen and oxygen atoms in total. The van der Waals surface area contributed by atoms with Gasteiger partial charge in [0.05, 0.1) is 18.1 Å². The number of fused-ring (bicyclic) bond motifs is 1. The minimum atomic E-state index is -1.21. The van der Waals surface area contributed by atoms with E-state index in [1.54, 1.807) is 19.1 Å². The van der Waals surface area contributed by atoms with Crippen molar-refractivity contribution in [1.29, 1.82) is 5.26 Å². The van der Waals surface area contributed by atoms with Crippen LogP contribution in [0.25, 0.3) is 0 Å². The average Bonchev–Trinajstić information content (AvgIpc) is 3.23. The lowest BCUT2D eigenvalue weighted by atomic mass is 9.79. The van der Waals surface area contributed by atoms with Crippen LogP contribution in [0.4, 0.5) is 8.78 Å². The van der Waals surface area contributed by atoms with E-state index in [4.69, 9.17) is 19.9 Å². The summed E-state index contributed by atoms with van der Waals surface area (Å²) in [6, 6.07) is 9.85. The predicted octanol–water partition coefficient (Wildman–Crippen LogP) is 4.82. The van der Waals surface area contributed by atoms with Crippen molar-refractivity contribution in [3.05, 3.63) is 81.9 Å². The average molecular weight is 494 g/mol. The number of aromatic amines is 1. The molecule has 0 amide bonds. The van der Waals surface area contributed by atoms with Crippen LogP contribution in [0.2, 0.25) is 0 Å². The van der Waals surface area contributed by atoms with Crippen LogP contribution in [-0.2, 0) is 5.41 Å². The highest BCUT2D eigenvalue weighted by Crippen LogP contribution is 2.47. The molecule has 0 aliphatic carbocycles. The Kier molecular flexibility index (Phi) is 6.41. The fourth-order valence-electron chi connectivity index (χ4n) is 4.05. The molecule has 0 bridgehead atoms. The van der Waals surface area contributed by atoms with Crippen molar-refractivity contribution in [2.75, 3.05) is 6.61 Å². The van der Waals surface area contributed by atoms with Gasteiger partial charge in [0.2, 0.25) is 11.8 Å². The zero-order chi connectivity index (χ0) is 26.2. The van der Waals surface area contributed by atoms with Gasteiger partial charge in [0.15, 0.2) is 11.5 Å². The van der Waals surface area contributed by atoms with Gasteiger partial charge in [-0.2, -0.15) is 5.26 Å². The zero-order valence-electron chi connectivity index (χ0n) is 20.1. The molecule has 0 spiro atoms. The summed E-state index contributed by atoms with van der Waals surface area (Å²) in [6.07, 6.45) is 0. The first kappa shape index (κ1) is 24.7. The second-order valence-corrected chi connectivity index (χ2v) is 9.12. The zero-order valence-corrected chi connectivity index (χ0v) is 20.1. The quantitative estimate of drug-likeness (QED) is 0.385. The van der Waals surface area contributed by atoms with E-state index in [1.807, 2.05) is 20.8 Å². The standard InChI is InChI=1S/C26H24F2N4O4/c1-5-34-18-11-13(9-10-17(18)35-25(33)20-15(27)7-6-8-16(20)28)19-14(12-29)23(30)36-24-21(19)22(31-32-24)26(2,3)4/h6-11,19H,5,30H2,1-4H3,(H,31,32)/t19-/m1/s1. The van der Waals surface area contributed by atoms with E-state index in [2.05, 4.69) is 16.3 Å². The maximum Gasteiger partial charge on any atom is 0.349 e. The van der Waals surface area contributed by atoms with Crippen molar-refractivity contribution < 1.29 is 27.8 Å². The number of carbonyl (C=O) groups is 1. The SMILES string of the molecule is CCOc1cc([C@@H]2C(C#N)=C(N)Oc3n[nH]c(C(C)(C)C)c32)ccc1OC(=O)c1c(F)cccc1F. The van der Waals surface area contributed by atoms with E-state index in [9.17, 15) is 18.8 Å². The fourth-order valence-corrected chi connectivity index (χ4v) is 4.05. The summed E-state index contributed by atoms with van der Waals surface area (Å²) >= 11 is 0. The Morgan fingerprint density at radius 1 is 1.22 bits per heavy atom. The summed E-state index contributed by atoms with van der Waals surface area (Å²) in [4.78, 5) is 12.6. The van der Waals surface area contributed by atoms with E-state index in [-0.39, 0.29) is 40.9 Å². The Morgan fingerprint density at radius 2 is 1.92 bits per heavy atom. The molecule has 0 saturated heterocycles. The molecule has 3 aromatic rings. The van der Waals surface area contributed by atoms with Gasteiger partial charge < -0.3 is 19.9 Å². The van der Waals surface area contributed by atoms with Crippen LogP contribution in [0.15, 0.2) is 47.9 Å². The van der Waals surface area contributed by atoms with Crippen LogP contribution in [0.3, 0.4) is 0 Å². The van der Waals surface area contributed by atoms with Gasteiger partial charge in [0.1, 0.15) is 28.8 Å². The summed E-state index contributed by atoms with van der Waals surface area (Å²) in [5.74, 6) is -3.67. The summed E-state index contributed by atoms with van der Waals surface area (Å²) in [7, 11) is 0. The third-order valence-corrected chi connectivity index (χ3v) is 5.66. The molecule has 1 aliphatic heterocycles. The van der Waals surface area contributed by atoms with Crippen LogP contribution >= 0.6 is 0 Å². The fraction of sp³-hybridized carbons (Fsp3) is 0.269. The van der Waals surface area contributed by atoms with Crippen LogP contribution in [0.1, 0.15) is 60.8 Å². The lowest BCUT2D eigenvalue weighted by Crippen LogP contribution is -2.24. The minimum absolute atomic E-state index is 0.0424. The number of allylic oxidation sites excluding steroid dienone is 1. The number of halogens is 2. The van der Waals surface area contributed by atoms with Gasteiger partial charge in [0, 0.05) is 11.1 Å². The second-order valence-electron chi connectivity index (χ2n) is 9.12. The van der Waals surface area contributed by atoms with Gasteiger partial charge in [-0.1, -0.05) is 32.9 Å². The van der Waals surface area contributed by atoms with Crippen molar-refractivity contribution >= 4 is 5.97 Å². The van der Waals surface area contributed by atoms with Crippen molar-refractivity contribution in [2.45, 2.75) is 39.0 Å². The van der Waals surface area contributed by atoms with E-state index in [1.165, 1.54) is 6.07 Å². The number of nitrogens with two attached hydrogens (primary N) is 1. The van der Waals surface area contributed by atoms with Crippen molar-refractivity contribution in [3.63, 3.8) is 0 Å². The summed E-state index contributed by atoms with van der Waals surface area (Å²) in [6.45, 7) is 7.90. The molecule has 1 aliphatic rings. The second kappa shape index (κ2) is 9.34. The lowest BCUT2D eigenvalue weighted by Gasteiger charge is -2.27. The third kappa shape index (κ3) is 4.35. The Hall–Kier alpha value is -4.39. The molecule has 1 atom stereocenters. The number of nitrogens with one attached hydrogen (secondary N) is 1. The first-order chi connectivity index (χ1) is 17.1. The van der Waals surface area contributed by atoms with Gasteiger partial charge in [-0.05, 0) is 36.8 Å². The summed E-state index contributed by atoms with van der Waals surface area (Å²) in [5.41, 5.74) is 7.04. The smallest absolute Gasteiger partial charge is 0.349 e. The van der Waals surface area contributed by atoms with Crippen molar-refractivity contribution in [3.8, 4) is 23.4 Å². The Labute approximate surface area is 206 Å². The number of carbonyl (C=O) groups excluding carboxylic acids is 1. The largest absolute Gasteiger partial charge is 0.490 e. The van der Waals surface area contributed by atoms with Gasteiger partial charge in [0.25, 0.3) is 0 Å². The van der Waals surface area contributed by atoms with Crippen LogP contribution in [-0.4, -0.2) is 22.8 Å². The number of benzene rings is 2. The van der Waals surface area contributed by atoms with Crippen molar-refractivity contribution in [2.24, 2.45) is 5.73 Å². The maximum absolute atomic E-state index is 14.1. The van der Waals surface area contributed by atoms with Gasteiger partial charge in [-0.15, -0.1) is 5.10 Å². The molecule has 0 unspecified atom stereocenters. The molecule has 2 aromatic carbocycles. The molecule has 0 radical (unpaired) electrons. The monoisotopic (exact) mass is 494 g/mol. The first-order valence-electron chi connectivity index (χ1n) is 11.2. The normalized spacial score (nSPS) is 15.1. The number of ether oxygens (including phenoxy) is 3. The number of esters is 1. The molecular formula is C26H24F2N4O4. The Morgan fingerprint density at radius 3 is 2.53 bits per heavy atom. The first-order valence-corrected chi connectivity index (χ1v) is 11.2. The molecular weight excluding hydrogens is 470 g/mol. The van der Waals surface area contributed by atoms with Crippen LogP contribution in [0, 0.1) is 23.0 Å². The number of rotatable bonds is 5. The number of nitrogens with zero attached hydrogens (tertiary/aromatic N) is 2. The molecule has 0 saturated carbocycles. The molecule has 4 rings (SSSR count). The van der Waals surface area contributed by atoms with E-state index < -0.39 is 29.1 Å². The third-order valence-electron chi connectivity index (χ3n) is 5.66. The van der Waals surface area contributed by atoms with Crippen LogP contribution < -0.4 is 19.9 Å². The van der Waals surface area contributed by atoms with Gasteiger partial charge in [-0.25, -0.2) is 13.6 Å². The van der Waals surface area contributed by atoms with E-state index in [0.717, 1.165) is 23.9 Å². The molecule has 3 N–H and O–H groups in total.